The van der Waals surface area contributed by atoms with E-state index < -0.39 is 0 Å². The second-order valence-electron chi connectivity index (χ2n) is 3.94. The Morgan fingerprint density at radius 1 is 1.26 bits per heavy atom. The van der Waals surface area contributed by atoms with Crippen LogP contribution in [0.4, 0.5) is 0 Å². The average molecular weight is 341 g/mol. The summed E-state index contributed by atoms with van der Waals surface area (Å²) in [5.74, 6) is -0.0549. The maximum atomic E-state index is 11.9. The number of hydrogen-bond acceptors (Lipinski definition) is 2. The van der Waals surface area contributed by atoms with Crippen molar-refractivity contribution in [3.05, 3.63) is 63.1 Å². The third-order valence-corrected chi connectivity index (χ3v) is 3.83. The van der Waals surface area contributed by atoms with Crippen LogP contribution in [0.2, 0.25) is 5.02 Å². The molecule has 0 bridgehead atoms. The Labute approximate surface area is 124 Å². The van der Waals surface area contributed by atoms with Crippen LogP contribution in [0.1, 0.15) is 15.9 Å². The highest BCUT2D eigenvalue weighted by Crippen LogP contribution is 2.23. The number of hydrogen-bond donors (Lipinski definition) is 2. The lowest BCUT2D eigenvalue weighted by Crippen LogP contribution is -2.22. The molecule has 0 spiro atoms. The standard InChI is InChI=1S/C14H11BrClNO2/c15-11-7-9(5-6-12(11)16)14(19)17-8-10-3-1-2-4-13(10)18/h1-7,18H,8H2,(H,17,19). The number of benzene rings is 2. The molecule has 2 rings (SSSR count). The van der Waals surface area contributed by atoms with E-state index in [1.807, 2.05) is 0 Å². The normalized spacial score (nSPS) is 10.2. The van der Waals surface area contributed by atoms with Gasteiger partial charge >= 0.3 is 0 Å². The maximum absolute atomic E-state index is 11.9. The molecule has 2 aromatic carbocycles. The van der Waals surface area contributed by atoms with Crippen LogP contribution < -0.4 is 5.32 Å². The Hall–Kier alpha value is -1.52. The maximum Gasteiger partial charge on any atom is 0.251 e. The van der Waals surface area contributed by atoms with Gasteiger partial charge in [0.1, 0.15) is 5.75 Å². The third kappa shape index (κ3) is 3.49. The van der Waals surface area contributed by atoms with E-state index in [0.717, 1.165) is 0 Å². The largest absolute Gasteiger partial charge is 0.508 e. The van der Waals surface area contributed by atoms with Crippen LogP contribution in [-0.2, 0) is 6.54 Å². The lowest BCUT2D eigenvalue weighted by molar-refractivity contribution is 0.0950. The number of halogens is 2. The number of nitrogens with one attached hydrogen (secondary N) is 1. The van der Waals surface area contributed by atoms with Gasteiger partial charge in [-0.3, -0.25) is 4.79 Å². The summed E-state index contributed by atoms with van der Waals surface area (Å²) in [6, 6.07) is 11.8. The van der Waals surface area contributed by atoms with E-state index in [0.29, 0.717) is 20.6 Å². The molecule has 0 aliphatic heterocycles. The van der Waals surface area contributed by atoms with Crippen molar-refractivity contribution in [1.82, 2.24) is 5.32 Å². The lowest BCUT2D eigenvalue weighted by atomic mass is 10.2. The SMILES string of the molecule is O=C(NCc1ccccc1O)c1ccc(Cl)c(Br)c1. The summed E-state index contributed by atoms with van der Waals surface area (Å²) in [6.45, 7) is 0.270. The topological polar surface area (TPSA) is 49.3 Å². The summed E-state index contributed by atoms with van der Waals surface area (Å²) < 4.78 is 0.671. The summed E-state index contributed by atoms with van der Waals surface area (Å²) >= 11 is 9.14. The second kappa shape index (κ2) is 6.08. The van der Waals surface area contributed by atoms with Crippen LogP contribution >= 0.6 is 27.5 Å². The molecular formula is C14H11BrClNO2. The van der Waals surface area contributed by atoms with Crippen LogP contribution in [-0.4, -0.2) is 11.0 Å². The minimum atomic E-state index is -0.222. The number of carbonyl (C=O) groups is 1. The molecule has 0 fully saturated rings. The highest BCUT2D eigenvalue weighted by Gasteiger charge is 2.08. The van der Waals surface area contributed by atoms with Crippen LogP contribution in [0, 0.1) is 0 Å². The van der Waals surface area contributed by atoms with Gasteiger partial charge in [0.25, 0.3) is 5.91 Å². The van der Waals surface area contributed by atoms with Gasteiger partial charge in [0.15, 0.2) is 0 Å². The first-order valence-electron chi connectivity index (χ1n) is 5.58. The molecule has 2 aromatic rings. The monoisotopic (exact) mass is 339 g/mol. The van der Waals surface area contributed by atoms with E-state index in [1.165, 1.54) is 0 Å². The van der Waals surface area contributed by atoms with Gasteiger partial charge < -0.3 is 10.4 Å². The van der Waals surface area contributed by atoms with Gasteiger partial charge in [0.05, 0.1) is 5.02 Å². The fourth-order valence-electron chi connectivity index (χ4n) is 1.58. The minimum Gasteiger partial charge on any atom is -0.508 e. The van der Waals surface area contributed by atoms with Crippen LogP contribution in [0.3, 0.4) is 0 Å². The van der Waals surface area contributed by atoms with Gasteiger partial charge in [0.2, 0.25) is 0 Å². The lowest BCUT2D eigenvalue weighted by Gasteiger charge is -2.07. The number of phenolic OH excluding ortho intramolecular Hbond substituents is 1. The van der Waals surface area contributed by atoms with Gasteiger partial charge in [-0.25, -0.2) is 0 Å². The first kappa shape index (κ1) is 13.9. The third-order valence-electron chi connectivity index (χ3n) is 2.61. The Kier molecular flexibility index (Phi) is 4.45. The number of amides is 1. The minimum absolute atomic E-state index is 0.167. The molecule has 0 saturated carbocycles. The van der Waals surface area contributed by atoms with Crippen molar-refractivity contribution in [3.8, 4) is 5.75 Å². The zero-order valence-corrected chi connectivity index (χ0v) is 12.2. The molecule has 2 N–H and O–H groups in total. The summed E-state index contributed by atoms with van der Waals surface area (Å²) in [5.41, 5.74) is 1.18. The molecule has 0 heterocycles. The molecule has 0 saturated heterocycles. The van der Waals surface area contributed by atoms with Gasteiger partial charge in [-0.1, -0.05) is 29.8 Å². The molecule has 0 unspecified atom stereocenters. The molecule has 98 valence electrons. The van der Waals surface area contributed by atoms with Crippen LogP contribution in [0.15, 0.2) is 46.9 Å². The van der Waals surface area contributed by atoms with Crippen molar-refractivity contribution in [2.24, 2.45) is 0 Å². The van der Waals surface area contributed by atoms with E-state index in [-0.39, 0.29) is 18.2 Å². The summed E-state index contributed by atoms with van der Waals surface area (Å²) in [6.07, 6.45) is 0. The fourth-order valence-corrected chi connectivity index (χ4v) is 2.07. The molecule has 0 radical (unpaired) electrons. The molecule has 0 aliphatic rings. The van der Waals surface area contributed by atoms with Crippen molar-refractivity contribution in [3.63, 3.8) is 0 Å². The summed E-state index contributed by atoms with van der Waals surface area (Å²) in [7, 11) is 0. The smallest absolute Gasteiger partial charge is 0.251 e. The van der Waals surface area contributed by atoms with Gasteiger partial charge in [-0.15, -0.1) is 0 Å². The fraction of sp³-hybridized carbons (Fsp3) is 0.0714. The van der Waals surface area contributed by atoms with E-state index >= 15 is 0 Å². The molecule has 19 heavy (non-hydrogen) atoms. The van der Waals surface area contributed by atoms with Gasteiger partial charge in [0, 0.05) is 22.1 Å². The van der Waals surface area contributed by atoms with E-state index in [1.54, 1.807) is 42.5 Å². The summed E-state index contributed by atoms with van der Waals surface area (Å²) in [4.78, 5) is 11.9. The first-order valence-corrected chi connectivity index (χ1v) is 6.75. The average Bonchev–Trinajstić information content (AvgIpc) is 2.40. The van der Waals surface area contributed by atoms with Crippen LogP contribution in [0.5, 0.6) is 5.75 Å². The van der Waals surface area contributed by atoms with E-state index in [9.17, 15) is 9.90 Å². The zero-order chi connectivity index (χ0) is 13.8. The summed E-state index contributed by atoms with van der Waals surface area (Å²) in [5, 5.41) is 12.9. The quantitative estimate of drug-likeness (QED) is 0.894. The van der Waals surface area contributed by atoms with Crippen LogP contribution in [0.25, 0.3) is 0 Å². The zero-order valence-electron chi connectivity index (χ0n) is 9.86. The molecule has 0 aromatic heterocycles. The number of phenols is 1. The number of aromatic hydroxyl groups is 1. The molecular weight excluding hydrogens is 330 g/mol. The Bertz CT molecular complexity index is 616. The molecule has 0 aliphatic carbocycles. The number of rotatable bonds is 3. The molecule has 1 amide bonds. The van der Waals surface area contributed by atoms with Crippen molar-refractivity contribution in [2.75, 3.05) is 0 Å². The molecule has 5 heteroatoms. The highest BCUT2D eigenvalue weighted by molar-refractivity contribution is 9.10. The molecule has 0 atom stereocenters. The number of para-hydroxylation sites is 1. The van der Waals surface area contributed by atoms with Crippen molar-refractivity contribution in [1.29, 1.82) is 0 Å². The van der Waals surface area contributed by atoms with E-state index in [2.05, 4.69) is 21.2 Å². The Morgan fingerprint density at radius 2 is 2.00 bits per heavy atom. The molecule has 3 nitrogen and oxygen atoms in total. The predicted octanol–water partition coefficient (Wildman–Crippen LogP) is 3.74. The van der Waals surface area contributed by atoms with Gasteiger partial charge in [-0.2, -0.15) is 0 Å². The second-order valence-corrected chi connectivity index (χ2v) is 5.20. The highest BCUT2D eigenvalue weighted by atomic mass is 79.9. The first-order chi connectivity index (χ1) is 9.08. The van der Waals surface area contributed by atoms with Crippen molar-refractivity contribution < 1.29 is 9.90 Å². The predicted molar refractivity (Wildman–Crippen MR) is 78.4 cm³/mol. The van der Waals surface area contributed by atoms with Crippen molar-refractivity contribution in [2.45, 2.75) is 6.54 Å². The Morgan fingerprint density at radius 3 is 2.68 bits per heavy atom. The van der Waals surface area contributed by atoms with E-state index in [4.69, 9.17) is 11.6 Å². The Balaban J connectivity index is 2.05. The van der Waals surface area contributed by atoms with Gasteiger partial charge in [-0.05, 0) is 40.2 Å². The van der Waals surface area contributed by atoms with Crippen molar-refractivity contribution >= 4 is 33.4 Å². The number of carbonyl (C=O) groups excluding carboxylic acids is 1.